The van der Waals surface area contributed by atoms with Crippen LogP contribution in [0.4, 0.5) is 5.69 Å². The molecule has 2 aromatic carbocycles. The molecule has 2 fully saturated rings. The summed E-state index contributed by atoms with van der Waals surface area (Å²) in [5.41, 5.74) is 17.6. The second kappa shape index (κ2) is 17.6. The Morgan fingerprint density at radius 3 is 1.73 bits per heavy atom. The van der Waals surface area contributed by atoms with Crippen LogP contribution in [-0.4, -0.2) is 50.9 Å². The van der Waals surface area contributed by atoms with Crippen LogP contribution in [0.3, 0.4) is 0 Å². The molecule has 1 aliphatic heterocycles. The molecule has 5 rings (SSSR count). The summed E-state index contributed by atoms with van der Waals surface area (Å²) in [4.78, 5) is 49.2. The van der Waals surface area contributed by atoms with E-state index < -0.39 is 18.0 Å². The molecule has 2 aliphatic carbocycles. The Bertz CT molecular complexity index is 1280. The number of ether oxygens (including phenoxy) is 1. The van der Waals surface area contributed by atoms with Crippen LogP contribution in [0.1, 0.15) is 82.6 Å². The van der Waals surface area contributed by atoms with Crippen molar-refractivity contribution in [2.24, 2.45) is 34.0 Å². The van der Waals surface area contributed by atoms with Crippen LogP contribution < -0.4 is 21.9 Å². The predicted octanol–water partition coefficient (Wildman–Crippen LogP) is 4.66. The van der Waals surface area contributed by atoms with Crippen molar-refractivity contribution in [1.29, 1.82) is 0 Å². The van der Waals surface area contributed by atoms with Crippen LogP contribution in [0.5, 0.6) is 11.5 Å². The molecule has 0 atom stereocenters. The fourth-order valence-corrected chi connectivity index (χ4v) is 5.72. The summed E-state index contributed by atoms with van der Waals surface area (Å²) in [5.74, 6) is -0.623. The van der Waals surface area contributed by atoms with Crippen molar-refractivity contribution in [1.82, 2.24) is 4.90 Å². The highest BCUT2D eigenvalue weighted by molar-refractivity contribution is 5.85. The maximum absolute atomic E-state index is 11.1. The number of hydrogen-bond donors (Lipinski definition) is 5. The van der Waals surface area contributed by atoms with Gasteiger partial charge in [-0.2, -0.15) is 0 Å². The van der Waals surface area contributed by atoms with Gasteiger partial charge in [0.05, 0.1) is 24.6 Å². The number of nitrogens with zero attached hydrogens (tertiary/aromatic N) is 2. The van der Waals surface area contributed by atoms with Gasteiger partial charge in [0, 0.05) is 23.9 Å². The van der Waals surface area contributed by atoms with Crippen LogP contribution >= 0.6 is 0 Å². The van der Waals surface area contributed by atoms with Gasteiger partial charge in [-0.05, 0) is 56.0 Å². The number of rotatable bonds is 9. The van der Waals surface area contributed by atoms with E-state index in [9.17, 15) is 19.2 Å². The Morgan fingerprint density at radius 2 is 1.29 bits per heavy atom. The van der Waals surface area contributed by atoms with Gasteiger partial charge in [0.25, 0.3) is 0 Å². The van der Waals surface area contributed by atoms with Crippen LogP contribution in [0.2, 0.25) is 0 Å². The SMILES string of the molecule is NC(=O)C1CCCCC1.NC(=O)C1CCCCC1.NC1=Nc2ccc(Oc3ccccc3)cc2CN1C(CC(=O)O)CC(=O)O. The van der Waals surface area contributed by atoms with Crippen molar-refractivity contribution in [2.45, 2.75) is 89.6 Å². The van der Waals surface area contributed by atoms with E-state index in [1.54, 1.807) is 18.2 Å². The summed E-state index contributed by atoms with van der Waals surface area (Å²) in [5, 5.41) is 18.2. The van der Waals surface area contributed by atoms with Gasteiger partial charge in [-0.25, -0.2) is 4.99 Å². The molecule has 0 radical (unpaired) electrons. The molecule has 0 saturated heterocycles. The van der Waals surface area contributed by atoms with E-state index in [1.807, 2.05) is 30.3 Å². The normalized spacial score (nSPS) is 16.6. The number of amides is 2. The van der Waals surface area contributed by atoms with Crippen LogP contribution in [0, 0.1) is 11.8 Å². The fraction of sp³-hybridized carbons (Fsp3) is 0.485. The maximum atomic E-state index is 11.1. The Kier molecular flexibility index (Phi) is 13.7. The Balaban J connectivity index is 0.000000248. The quantitative estimate of drug-likeness (QED) is 0.262. The first kappa shape index (κ1) is 34.9. The second-order valence-electron chi connectivity index (χ2n) is 11.6. The molecule has 0 spiro atoms. The summed E-state index contributed by atoms with van der Waals surface area (Å²) < 4.78 is 5.81. The van der Waals surface area contributed by atoms with Crippen molar-refractivity contribution < 1.29 is 34.1 Å². The summed E-state index contributed by atoms with van der Waals surface area (Å²) in [7, 11) is 0. The lowest BCUT2D eigenvalue weighted by atomic mass is 9.89. The molecule has 8 N–H and O–H groups in total. The van der Waals surface area contributed by atoms with E-state index in [0.717, 1.165) is 31.2 Å². The minimum atomic E-state index is -1.10. The molecule has 2 saturated carbocycles. The summed E-state index contributed by atoms with van der Waals surface area (Å²) in [6, 6.07) is 13.8. The van der Waals surface area contributed by atoms with Gasteiger partial charge in [-0.15, -0.1) is 0 Å². The fourth-order valence-electron chi connectivity index (χ4n) is 5.72. The minimum Gasteiger partial charge on any atom is -0.481 e. The number of hydrogen-bond acceptors (Lipinski definition) is 8. The molecule has 2 amide bonds. The van der Waals surface area contributed by atoms with Gasteiger partial charge in [0.2, 0.25) is 11.8 Å². The number of aliphatic imine (C=N–C) groups is 1. The molecule has 0 bridgehead atoms. The topological polar surface area (TPSA) is 212 Å². The average molecular weight is 624 g/mol. The highest BCUT2D eigenvalue weighted by Crippen LogP contribution is 2.32. The third kappa shape index (κ3) is 11.8. The van der Waals surface area contributed by atoms with Gasteiger partial charge in [-0.3, -0.25) is 19.2 Å². The number of carboxylic acid groups (broad SMARTS) is 2. The zero-order chi connectivity index (χ0) is 32.8. The van der Waals surface area contributed by atoms with Gasteiger partial charge in [-0.1, -0.05) is 56.7 Å². The first-order valence-electron chi connectivity index (χ1n) is 15.5. The van der Waals surface area contributed by atoms with E-state index in [0.29, 0.717) is 17.2 Å². The molecular formula is C33H45N5O7. The molecule has 3 aliphatic rings. The van der Waals surface area contributed by atoms with Crippen molar-refractivity contribution in [3.05, 3.63) is 54.1 Å². The van der Waals surface area contributed by atoms with Gasteiger partial charge in [0.1, 0.15) is 11.5 Å². The number of aliphatic carboxylic acids is 2. The standard InChI is InChI=1S/C19H19N3O5.2C7H13NO/c20-19-21-16-7-6-15(27-14-4-2-1-3-5-14)8-12(16)11-22(19)13(9-17(23)24)10-18(25)26;2*8-7(9)6-4-2-1-3-5-6/h1-8,13H,9-11H2,(H2,20,21)(H,23,24)(H,25,26);2*6H,1-5H2,(H2,8,9). The van der Waals surface area contributed by atoms with Crippen LogP contribution in [0.25, 0.3) is 0 Å². The highest BCUT2D eigenvalue weighted by atomic mass is 16.5. The number of para-hydroxylation sites is 1. The number of benzene rings is 2. The van der Waals surface area contributed by atoms with Crippen LogP contribution in [0.15, 0.2) is 53.5 Å². The molecule has 0 unspecified atom stereocenters. The molecule has 1 heterocycles. The Morgan fingerprint density at radius 1 is 0.778 bits per heavy atom. The summed E-state index contributed by atoms with van der Waals surface area (Å²) in [6.45, 7) is 0.252. The van der Waals surface area contributed by atoms with Crippen molar-refractivity contribution >= 4 is 35.4 Å². The number of primary amides is 2. The van der Waals surface area contributed by atoms with E-state index >= 15 is 0 Å². The van der Waals surface area contributed by atoms with Crippen molar-refractivity contribution in [2.75, 3.05) is 0 Å². The predicted molar refractivity (Wildman–Crippen MR) is 170 cm³/mol. The van der Waals surface area contributed by atoms with E-state index in [-0.39, 0.29) is 49.0 Å². The number of carbonyl (C=O) groups excluding carboxylic acids is 2. The number of carbonyl (C=O) groups is 4. The lowest BCUT2D eigenvalue weighted by Crippen LogP contribution is -2.47. The molecule has 12 nitrogen and oxygen atoms in total. The van der Waals surface area contributed by atoms with E-state index in [2.05, 4.69) is 4.99 Å². The van der Waals surface area contributed by atoms with Crippen molar-refractivity contribution in [3.63, 3.8) is 0 Å². The van der Waals surface area contributed by atoms with Crippen LogP contribution in [-0.2, 0) is 25.7 Å². The lowest BCUT2D eigenvalue weighted by Gasteiger charge is -2.34. The number of guanidine groups is 1. The first-order valence-corrected chi connectivity index (χ1v) is 15.5. The molecule has 45 heavy (non-hydrogen) atoms. The second-order valence-corrected chi connectivity index (χ2v) is 11.6. The van der Waals surface area contributed by atoms with E-state index in [1.165, 1.54) is 43.4 Å². The third-order valence-corrected chi connectivity index (χ3v) is 8.18. The number of fused-ring (bicyclic) bond motifs is 1. The molecule has 0 aromatic heterocycles. The lowest BCUT2D eigenvalue weighted by molar-refractivity contribution is -0.140. The van der Waals surface area contributed by atoms with E-state index in [4.69, 9.17) is 32.2 Å². The maximum Gasteiger partial charge on any atom is 0.305 e. The molecule has 244 valence electrons. The third-order valence-electron chi connectivity index (χ3n) is 8.18. The largest absolute Gasteiger partial charge is 0.481 e. The number of carboxylic acids is 2. The summed E-state index contributed by atoms with van der Waals surface area (Å²) >= 11 is 0. The van der Waals surface area contributed by atoms with Gasteiger partial charge < -0.3 is 37.1 Å². The zero-order valence-electron chi connectivity index (χ0n) is 25.6. The Labute approximate surface area is 263 Å². The molecule has 2 aromatic rings. The van der Waals surface area contributed by atoms with Gasteiger partial charge in [0.15, 0.2) is 5.96 Å². The minimum absolute atomic E-state index is 0.102. The summed E-state index contributed by atoms with van der Waals surface area (Å²) in [6.07, 6.45) is 10.7. The van der Waals surface area contributed by atoms with Crippen molar-refractivity contribution in [3.8, 4) is 11.5 Å². The smallest absolute Gasteiger partial charge is 0.305 e. The monoisotopic (exact) mass is 623 g/mol. The zero-order valence-corrected chi connectivity index (χ0v) is 25.6. The first-order chi connectivity index (χ1) is 21.5. The molecule has 12 heteroatoms. The highest BCUT2D eigenvalue weighted by Gasteiger charge is 2.29. The number of nitrogens with two attached hydrogens (primary N) is 3. The Hall–Kier alpha value is -4.61. The molecular weight excluding hydrogens is 578 g/mol. The average Bonchev–Trinajstić information content (AvgIpc) is 3.02. The van der Waals surface area contributed by atoms with Gasteiger partial charge >= 0.3 is 11.9 Å².